The number of nitrogens with zero attached hydrogens (tertiary/aromatic N) is 4. The molecule has 2 aromatic rings. The summed E-state index contributed by atoms with van der Waals surface area (Å²) in [6, 6.07) is 6.82. The molecular formula is C17H25FN6. The highest BCUT2D eigenvalue weighted by atomic mass is 19.1. The number of hydrogen-bond donors (Lipinski definition) is 2. The van der Waals surface area contributed by atoms with Crippen molar-refractivity contribution in [1.82, 2.24) is 25.4 Å². The van der Waals surface area contributed by atoms with Gasteiger partial charge in [0.15, 0.2) is 5.96 Å². The fourth-order valence-corrected chi connectivity index (χ4v) is 2.37. The fourth-order valence-electron chi connectivity index (χ4n) is 2.37. The molecule has 2 rings (SSSR count). The molecule has 6 nitrogen and oxygen atoms in total. The fraction of sp³-hybridized carbons (Fsp3) is 0.471. The van der Waals surface area contributed by atoms with E-state index < -0.39 is 0 Å². The number of guanidine groups is 1. The maximum absolute atomic E-state index is 13.6. The molecule has 0 atom stereocenters. The highest BCUT2D eigenvalue weighted by molar-refractivity contribution is 5.79. The van der Waals surface area contributed by atoms with E-state index in [4.69, 9.17) is 0 Å². The van der Waals surface area contributed by atoms with Crippen molar-refractivity contribution in [3.63, 3.8) is 0 Å². The van der Waals surface area contributed by atoms with Gasteiger partial charge in [0.1, 0.15) is 18.0 Å². The van der Waals surface area contributed by atoms with E-state index in [-0.39, 0.29) is 5.82 Å². The first kappa shape index (κ1) is 17.9. The van der Waals surface area contributed by atoms with Crippen LogP contribution in [0, 0.1) is 5.82 Å². The summed E-state index contributed by atoms with van der Waals surface area (Å²) in [6.07, 6.45) is 3.17. The number of rotatable bonds is 8. The topological polar surface area (TPSA) is 67.1 Å². The number of benzene rings is 1. The van der Waals surface area contributed by atoms with Crippen LogP contribution in [0.4, 0.5) is 4.39 Å². The zero-order chi connectivity index (χ0) is 17.2. The van der Waals surface area contributed by atoms with E-state index in [1.807, 2.05) is 17.6 Å². The quantitative estimate of drug-likeness (QED) is 0.571. The minimum Gasteiger partial charge on any atom is -0.357 e. The summed E-state index contributed by atoms with van der Waals surface area (Å²) >= 11 is 0. The first-order valence-corrected chi connectivity index (χ1v) is 8.36. The zero-order valence-corrected chi connectivity index (χ0v) is 14.3. The predicted octanol–water partition coefficient (Wildman–Crippen LogP) is 1.78. The molecule has 24 heavy (non-hydrogen) atoms. The number of halogens is 1. The molecule has 0 saturated carbocycles. The van der Waals surface area contributed by atoms with Gasteiger partial charge in [-0.2, -0.15) is 0 Å². The van der Waals surface area contributed by atoms with Crippen molar-refractivity contribution in [1.29, 1.82) is 0 Å². The van der Waals surface area contributed by atoms with Crippen molar-refractivity contribution in [3.8, 4) is 0 Å². The summed E-state index contributed by atoms with van der Waals surface area (Å²) in [7, 11) is 0. The van der Waals surface area contributed by atoms with Gasteiger partial charge >= 0.3 is 0 Å². The largest absolute Gasteiger partial charge is 0.357 e. The zero-order valence-electron chi connectivity index (χ0n) is 14.3. The molecule has 1 aromatic heterocycles. The van der Waals surface area contributed by atoms with Gasteiger partial charge in [0.25, 0.3) is 0 Å². The minimum absolute atomic E-state index is 0.176. The average Bonchev–Trinajstić information content (AvgIpc) is 3.04. The van der Waals surface area contributed by atoms with E-state index >= 15 is 0 Å². The molecule has 0 aliphatic rings. The number of nitrogens with one attached hydrogen (secondary N) is 2. The molecule has 0 bridgehead atoms. The van der Waals surface area contributed by atoms with Gasteiger partial charge in [0.2, 0.25) is 0 Å². The first-order valence-electron chi connectivity index (χ1n) is 8.36. The van der Waals surface area contributed by atoms with E-state index in [0.717, 1.165) is 37.8 Å². The molecule has 1 heterocycles. The number of aromatic nitrogens is 3. The lowest BCUT2D eigenvalue weighted by molar-refractivity contribution is 0.609. The van der Waals surface area contributed by atoms with Crippen LogP contribution in [0.5, 0.6) is 0 Å². The highest BCUT2D eigenvalue weighted by Crippen LogP contribution is 2.06. The second kappa shape index (κ2) is 9.64. The molecule has 0 fully saturated rings. The third-order valence-electron chi connectivity index (χ3n) is 3.61. The lowest BCUT2D eigenvalue weighted by Gasteiger charge is -2.12. The minimum atomic E-state index is -0.176. The summed E-state index contributed by atoms with van der Waals surface area (Å²) in [5, 5.41) is 14.5. The standard InChI is InChI=1S/C17H25FN6/c1-3-16-23-22-13-24(16)12-11-21-17(19-4-2)20-10-9-14-7-5-6-8-15(14)18/h5-8,13H,3-4,9-12H2,1-2H3,(H2,19,20,21). The molecule has 2 N–H and O–H groups in total. The second-order valence-corrected chi connectivity index (χ2v) is 5.32. The van der Waals surface area contributed by atoms with Gasteiger partial charge in [0.05, 0.1) is 0 Å². The van der Waals surface area contributed by atoms with Gasteiger partial charge in [-0.05, 0) is 25.0 Å². The Hall–Kier alpha value is -2.44. The van der Waals surface area contributed by atoms with Crippen LogP contribution in [0.25, 0.3) is 0 Å². The summed E-state index contributed by atoms with van der Waals surface area (Å²) < 4.78 is 15.6. The normalized spacial score (nSPS) is 11.5. The molecule has 0 radical (unpaired) electrons. The van der Waals surface area contributed by atoms with Gasteiger partial charge < -0.3 is 15.2 Å². The molecule has 7 heteroatoms. The van der Waals surface area contributed by atoms with E-state index in [1.54, 1.807) is 18.5 Å². The van der Waals surface area contributed by atoms with Crippen LogP contribution in [0.15, 0.2) is 35.6 Å². The lowest BCUT2D eigenvalue weighted by atomic mass is 10.1. The monoisotopic (exact) mass is 332 g/mol. The number of hydrogen-bond acceptors (Lipinski definition) is 3. The Balaban J connectivity index is 1.83. The van der Waals surface area contributed by atoms with E-state index in [2.05, 4.69) is 32.7 Å². The molecule has 0 aliphatic carbocycles. The van der Waals surface area contributed by atoms with Crippen molar-refractivity contribution >= 4 is 5.96 Å². The average molecular weight is 332 g/mol. The van der Waals surface area contributed by atoms with Gasteiger partial charge in [-0.25, -0.2) is 4.39 Å². The smallest absolute Gasteiger partial charge is 0.191 e. The van der Waals surface area contributed by atoms with Crippen LogP contribution in [0.2, 0.25) is 0 Å². The number of aryl methyl sites for hydroxylation is 1. The summed E-state index contributed by atoms with van der Waals surface area (Å²) in [6.45, 7) is 6.87. The SMILES string of the molecule is CCNC(=NCCc1ccccc1F)NCCn1cnnc1CC. The predicted molar refractivity (Wildman–Crippen MR) is 93.5 cm³/mol. The summed E-state index contributed by atoms with van der Waals surface area (Å²) in [5.74, 6) is 1.53. The van der Waals surface area contributed by atoms with Crippen molar-refractivity contribution in [2.75, 3.05) is 19.6 Å². The third kappa shape index (κ3) is 5.33. The van der Waals surface area contributed by atoms with Gasteiger partial charge in [-0.3, -0.25) is 4.99 Å². The second-order valence-electron chi connectivity index (χ2n) is 5.32. The molecule has 0 amide bonds. The van der Waals surface area contributed by atoms with Crippen molar-refractivity contribution in [2.24, 2.45) is 4.99 Å². The molecule has 130 valence electrons. The van der Waals surface area contributed by atoms with Crippen LogP contribution >= 0.6 is 0 Å². The van der Waals surface area contributed by atoms with E-state index in [9.17, 15) is 4.39 Å². The van der Waals surface area contributed by atoms with Gasteiger partial charge in [-0.1, -0.05) is 25.1 Å². The molecule has 1 aromatic carbocycles. The molecule has 0 aliphatic heterocycles. The molecule has 0 spiro atoms. The Morgan fingerprint density at radius 2 is 2.08 bits per heavy atom. The van der Waals surface area contributed by atoms with Crippen LogP contribution in [-0.2, 0) is 19.4 Å². The van der Waals surface area contributed by atoms with Crippen LogP contribution in [-0.4, -0.2) is 40.4 Å². The Morgan fingerprint density at radius 3 is 2.83 bits per heavy atom. The number of aliphatic imine (C=N–C) groups is 1. The Bertz CT molecular complexity index is 652. The van der Waals surface area contributed by atoms with Crippen LogP contribution in [0.3, 0.4) is 0 Å². The summed E-state index contributed by atoms with van der Waals surface area (Å²) in [5.41, 5.74) is 0.689. The maximum atomic E-state index is 13.6. The van der Waals surface area contributed by atoms with Crippen LogP contribution < -0.4 is 10.6 Å². The lowest BCUT2D eigenvalue weighted by Crippen LogP contribution is -2.39. The highest BCUT2D eigenvalue weighted by Gasteiger charge is 2.03. The maximum Gasteiger partial charge on any atom is 0.191 e. The third-order valence-corrected chi connectivity index (χ3v) is 3.61. The molecular weight excluding hydrogens is 307 g/mol. The van der Waals surface area contributed by atoms with Crippen molar-refractivity contribution < 1.29 is 4.39 Å². The summed E-state index contributed by atoms with van der Waals surface area (Å²) in [4.78, 5) is 4.50. The van der Waals surface area contributed by atoms with Gasteiger partial charge in [0, 0.05) is 32.6 Å². The van der Waals surface area contributed by atoms with E-state index in [1.165, 1.54) is 6.07 Å². The Labute approximate surface area is 142 Å². The molecule has 0 saturated heterocycles. The van der Waals surface area contributed by atoms with Crippen molar-refractivity contribution in [3.05, 3.63) is 47.8 Å². The van der Waals surface area contributed by atoms with Crippen molar-refractivity contribution in [2.45, 2.75) is 33.2 Å². The van der Waals surface area contributed by atoms with E-state index in [0.29, 0.717) is 18.5 Å². The Kier molecular flexibility index (Phi) is 7.20. The van der Waals surface area contributed by atoms with Crippen LogP contribution in [0.1, 0.15) is 25.2 Å². The molecule has 0 unspecified atom stereocenters. The Morgan fingerprint density at radius 1 is 1.25 bits per heavy atom. The van der Waals surface area contributed by atoms with Gasteiger partial charge in [-0.15, -0.1) is 10.2 Å². The first-order chi connectivity index (χ1) is 11.7.